The van der Waals surface area contributed by atoms with Crippen molar-refractivity contribution >= 4 is 27.5 Å². The van der Waals surface area contributed by atoms with Gasteiger partial charge in [-0.1, -0.05) is 28.1 Å². The van der Waals surface area contributed by atoms with Crippen LogP contribution in [-0.2, 0) is 6.54 Å². The smallest absolute Gasteiger partial charge is 0.254 e. The van der Waals surface area contributed by atoms with Crippen molar-refractivity contribution in [3.63, 3.8) is 0 Å². The van der Waals surface area contributed by atoms with E-state index < -0.39 is 0 Å². The van der Waals surface area contributed by atoms with E-state index in [0.29, 0.717) is 17.8 Å². The molecule has 0 aliphatic heterocycles. The number of benzene rings is 2. The number of nitrogens with zero attached hydrogens (tertiary/aromatic N) is 1. The van der Waals surface area contributed by atoms with Gasteiger partial charge < -0.3 is 10.6 Å². The van der Waals surface area contributed by atoms with Crippen LogP contribution in [0, 0.1) is 5.82 Å². The van der Waals surface area contributed by atoms with Crippen LogP contribution in [0.25, 0.3) is 0 Å². The summed E-state index contributed by atoms with van der Waals surface area (Å²) < 4.78 is 13.9. The molecule has 2 rings (SSSR count). The average molecular weight is 337 g/mol. The Labute approximate surface area is 125 Å². The molecule has 5 heteroatoms. The molecule has 0 aliphatic carbocycles. The molecule has 0 bridgehead atoms. The molecule has 0 unspecified atom stereocenters. The summed E-state index contributed by atoms with van der Waals surface area (Å²) in [7, 11) is 1.67. The highest BCUT2D eigenvalue weighted by Crippen LogP contribution is 2.19. The predicted octanol–water partition coefficient (Wildman–Crippen LogP) is 3.44. The van der Waals surface area contributed by atoms with E-state index in [1.165, 1.54) is 17.0 Å². The summed E-state index contributed by atoms with van der Waals surface area (Å²) in [5.41, 5.74) is 7.47. The third-order valence-electron chi connectivity index (χ3n) is 2.82. The highest BCUT2D eigenvalue weighted by Gasteiger charge is 2.13. The molecule has 0 saturated carbocycles. The van der Waals surface area contributed by atoms with Gasteiger partial charge in [0, 0.05) is 29.3 Å². The van der Waals surface area contributed by atoms with Crippen LogP contribution in [0.5, 0.6) is 0 Å². The Morgan fingerprint density at radius 1 is 1.30 bits per heavy atom. The Kier molecular flexibility index (Phi) is 4.39. The molecule has 0 saturated heterocycles. The lowest BCUT2D eigenvalue weighted by Gasteiger charge is -2.18. The minimum absolute atomic E-state index is 0.165. The number of hydrogen-bond donors (Lipinski definition) is 1. The van der Waals surface area contributed by atoms with Gasteiger partial charge >= 0.3 is 0 Å². The van der Waals surface area contributed by atoms with Gasteiger partial charge in [0.15, 0.2) is 0 Å². The minimum Gasteiger partial charge on any atom is -0.399 e. The summed E-state index contributed by atoms with van der Waals surface area (Å²) in [5, 5.41) is 0. The molecule has 0 spiro atoms. The number of hydrogen-bond acceptors (Lipinski definition) is 2. The zero-order valence-electron chi connectivity index (χ0n) is 10.9. The van der Waals surface area contributed by atoms with Gasteiger partial charge in [0.2, 0.25) is 0 Å². The number of carbonyl (C=O) groups is 1. The first kappa shape index (κ1) is 14.5. The van der Waals surface area contributed by atoms with E-state index in [4.69, 9.17) is 5.73 Å². The molecule has 0 radical (unpaired) electrons. The molecule has 2 aromatic carbocycles. The van der Waals surface area contributed by atoms with Gasteiger partial charge in [0.25, 0.3) is 5.91 Å². The van der Waals surface area contributed by atoms with Crippen molar-refractivity contribution in [2.24, 2.45) is 0 Å². The molecule has 0 aliphatic rings. The normalized spacial score (nSPS) is 10.3. The van der Waals surface area contributed by atoms with Crippen LogP contribution in [0.15, 0.2) is 46.9 Å². The molecular formula is C15H14BrFN2O. The lowest BCUT2D eigenvalue weighted by molar-refractivity contribution is 0.0785. The number of halogens is 2. The van der Waals surface area contributed by atoms with Crippen molar-refractivity contribution in [2.75, 3.05) is 12.8 Å². The summed E-state index contributed by atoms with van der Waals surface area (Å²) in [6, 6.07) is 11.3. The second kappa shape index (κ2) is 6.05. The SMILES string of the molecule is CN(Cc1cccc(F)c1)C(=O)c1cc(N)cc(Br)c1. The molecule has 2 N–H and O–H groups in total. The third-order valence-corrected chi connectivity index (χ3v) is 3.28. The molecule has 0 fully saturated rings. The van der Waals surface area contributed by atoms with Gasteiger partial charge in [-0.2, -0.15) is 0 Å². The second-order valence-corrected chi connectivity index (χ2v) is 5.48. The number of nitrogens with two attached hydrogens (primary N) is 1. The Balaban J connectivity index is 2.16. The van der Waals surface area contributed by atoms with Crippen LogP contribution in [0.1, 0.15) is 15.9 Å². The predicted molar refractivity (Wildman–Crippen MR) is 80.8 cm³/mol. The van der Waals surface area contributed by atoms with Crippen LogP contribution in [0.2, 0.25) is 0 Å². The molecule has 0 atom stereocenters. The maximum absolute atomic E-state index is 13.1. The number of anilines is 1. The van der Waals surface area contributed by atoms with Gasteiger partial charge in [-0.15, -0.1) is 0 Å². The van der Waals surface area contributed by atoms with Crippen molar-refractivity contribution in [1.82, 2.24) is 4.90 Å². The molecule has 2 aromatic rings. The Morgan fingerprint density at radius 3 is 2.70 bits per heavy atom. The van der Waals surface area contributed by atoms with Crippen molar-refractivity contribution in [1.29, 1.82) is 0 Å². The van der Waals surface area contributed by atoms with E-state index in [1.54, 1.807) is 37.4 Å². The fourth-order valence-corrected chi connectivity index (χ4v) is 2.45. The Morgan fingerprint density at radius 2 is 2.05 bits per heavy atom. The first-order valence-electron chi connectivity index (χ1n) is 6.01. The van der Waals surface area contributed by atoms with Crippen LogP contribution >= 0.6 is 15.9 Å². The first-order chi connectivity index (χ1) is 9.45. The molecule has 104 valence electrons. The average Bonchev–Trinajstić information content (AvgIpc) is 2.36. The van der Waals surface area contributed by atoms with Crippen molar-refractivity contribution in [2.45, 2.75) is 6.54 Å². The summed E-state index contributed by atoms with van der Waals surface area (Å²) in [6.45, 7) is 0.336. The maximum atomic E-state index is 13.1. The summed E-state index contributed by atoms with van der Waals surface area (Å²) in [6.07, 6.45) is 0. The van der Waals surface area contributed by atoms with E-state index in [2.05, 4.69) is 15.9 Å². The standard InChI is InChI=1S/C15H14BrFN2O/c1-19(9-10-3-2-4-13(17)5-10)15(20)11-6-12(16)8-14(18)7-11/h2-8H,9,18H2,1H3. The number of rotatable bonds is 3. The molecule has 0 heterocycles. The Hall–Kier alpha value is -1.88. The number of carbonyl (C=O) groups excluding carboxylic acids is 1. The van der Waals surface area contributed by atoms with Crippen molar-refractivity contribution in [3.05, 3.63) is 63.9 Å². The Bertz CT molecular complexity index is 625. The monoisotopic (exact) mass is 336 g/mol. The van der Waals surface area contributed by atoms with Gasteiger partial charge in [-0.3, -0.25) is 4.79 Å². The van der Waals surface area contributed by atoms with E-state index in [9.17, 15) is 9.18 Å². The zero-order chi connectivity index (χ0) is 14.7. The highest BCUT2D eigenvalue weighted by molar-refractivity contribution is 9.10. The van der Waals surface area contributed by atoms with Gasteiger partial charge in [-0.05, 0) is 35.9 Å². The van der Waals surface area contributed by atoms with E-state index in [1.807, 2.05) is 0 Å². The van der Waals surface area contributed by atoms with Crippen LogP contribution in [0.3, 0.4) is 0 Å². The minimum atomic E-state index is -0.310. The molecule has 1 amide bonds. The highest BCUT2D eigenvalue weighted by atomic mass is 79.9. The first-order valence-corrected chi connectivity index (χ1v) is 6.81. The summed E-state index contributed by atoms with van der Waals surface area (Å²) >= 11 is 3.31. The van der Waals surface area contributed by atoms with Gasteiger partial charge in [0.1, 0.15) is 5.82 Å². The van der Waals surface area contributed by atoms with Crippen molar-refractivity contribution < 1.29 is 9.18 Å². The molecule has 0 aromatic heterocycles. The largest absolute Gasteiger partial charge is 0.399 e. The fourth-order valence-electron chi connectivity index (χ4n) is 1.94. The zero-order valence-corrected chi connectivity index (χ0v) is 12.5. The topological polar surface area (TPSA) is 46.3 Å². The van der Waals surface area contributed by atoms with Gasteiger partial charge in [0.05, 0.1) is 0 Å². The fraction of sp³-hybridized carbons (Fsp3) is 0.133. The van der Waals surface area contributed by atoms with E-state index in [0.717, 1.165) is 10.0 Å². The lowest BCUT2D eigenvalue weighted by Crippen LogP contribution is -2.26. The molecule has 3 nitrogen and oxygen atoms in total. The second-order valence-electron chi connectivity index (χ2n) is 4.56. The number of amides is 1. The summed E-state index contributed by atoms with van der Waals surface area (Å²) in [4.78, 5) is 13.8. The molecular weight excluding hydrogens is 323 g/mol. The van der Waals surface area contributed by atoms with Crippen LogP contribution in [0.4, 0.5) is 10.1 Å². The lowest BCUT2D eigenvalue weighted by atomic mass is 10.1. The number of nitrogen functional groups attached to an aromatic ring is 1. The van der Waals surface area contributed by atoms with E-state index >= 15 is 0 Å². The summed E-state index contributed by atoms with van der Waals surface area (Å²) in [5.74, 6) is -0.475. The van der Waals surface area contributed by atoms with E-state index in [-0.39, 0.29) is 11.7 Å². The third kappa shape index (κ3) is 3.57. The maximum Gasteiger partial charge on any atom is 0.254 e. The van der Waals surface area contributed by atoms with Crippen LogP contribution in [-0.4, -0.2) is 17.9 Å². The van der Waals surface area contributed by atoms with Gasteiger partial charge in [-0.25, -0.2) is 4.39 Å². The molecule has 20 heavy (non-hydrogen) atoms. The quantitative estimate of drug-likeness (QED) is 0.872. The van der Waals surface area contributed by atoms with Crippen molar-refractivity contribution in [3.8, 4) is 0 Å². The van der Waals surface area contributed by atoms with Crippen LogP contribution < -0.4 is 5.73 Å².